The van der Waals surface area contributed by atoms with Crippen molar-refractivity contribution in [1.82, 2.24) is 5.32 Å². The van der Waals surface area contributed by atoms with Crippen LogP contribution >= 0.6 is 0 Å². The summed E-state index contributed by atoms with van der Waals surface area (Å²) in [6.45, 7) is 3.02. The van der Waals surface area contributed by atoms with Gasteiger partial charge < -0.3 is 5.32 Å². The molecule has 104 valence electrons. The third-order valence-electron chi connectivity index (χ3n) is 4.26. The predicted molar refractivity (Wildman–Crippen MR) is 80.3 cm³/mol. The highest BCUT2D eigenvalue weighted by molar-refractivity contribution is 5.40. The molecule has 0 amide bonds. The summed E-state index contributed by atoms with van der Waals surface area (Å²) in [5, 5.41) is 3.53. The third kappa shape index (κ3) is 2.48. The second kappa shape index (κ2) is 5.76. The van der Waals surface area contributed by atoms with Crippen molar-refractivity contribution in [1.29, 1.82) is 0 Å². The largest absolute Gasteiger partial charge is 0.309 e. The molecule has 1 N–H and O–H groups in total. The minimum atomic E-state index is -0.110. The molecule has 3 rings (SSSR count). The van der Waals surface area contributed by atoms with Gasteiger partial charge in [-0.25, -0.2) is 4.39 Å². The lowest BCUT2D eigenvalue weighted by atomic mass is 9.77. The van der Waals surface area contributed by atoms with Gasteiger partial charge in [0.05, 0.1) is 0 Å². The first-order valence-electron chi connectivity index (χ1n) is 7.35. The minimum Gasteiger partial charge on any atom is -0.309 e. The van der Waals surface area contributed by atoms with Crippen LogP contribution in [0.3, 0.4) is 0 Å². The van der Waals surface area contributed by atoms with Gasteiger partial charge in [-0.1, -0.05) is 49.4 Å². The van der Waals surface area contributed by atoms with E-state index in [2.05, 4.69) is 36.5 Å². The normalized spacial score (nSPS) is 18.2. The summed E-state index contributed by atoms with van der Waals surface area (Å²) < 4.78 is 13.8. The van der Waals surface area contributed by atoms with Crippen molar-refractivity contribution in [3.8, 4) is 0 Å². The van der Waals surface area contributed by atoms with Crippen molar-refractivity contribution in [2.75, 3.05) is 6.54 Å². The Labute approximate surface area is 119 Å². The molecule has 1 aliphatic rings. The Bertz CT molecular complexity index is 593. The zero-order chi connectivity index (χ0) is 13.9. The van der Waals surface area contributed by atoms with E-state index in [1.165, 1.54) is 11.1 Å². The Hall–Kier alpha value is -1.67. The summed E-state index contributed by atoms with van der Waals surface area (Å²) in [5.41, 5.74) is 3.68. The molecule has 0 saturated heterocycles. The Kier molecular flexibility index (Phi) is 3.83. The van der Waals surface area contributed by atoms with Gasteiger partial charge in [0.2, 0.25) is 0 Å². The Balaban J connectivity index is 1.65. The van der Waals surface area contributed by atoms with Crippen LogP contribution in [0.25, 0.3) is 0 Å². The number of halogens is 1. The summed E-state index contributed by atoms with van der Waals surface area (Å²) in [4.78, 5) is 0. The first-order valence-corrected chi connectivity index (χ1v) is 7.35. The lowest BCUT2D eigenvalue weighted by molar-refractivity contribution is 0.446. The molecule has 0 radical (unpaired) electrons. The highest BCUT2D eigenvalue weighted by Crippen LogP contribution is 2.34. The van der Waals surface area contributed by atoms with Gasteiger partial charge in [0.1, 0.15) is 5.82 Å². The fourth-order valence-corrected chi connectivity index (χ4v) is 3.06. The zero-order valence-corrected chi connectivity index (χ0v) is 11.8. The second-order valence-corrected chi connectivity index (χ2v) is 5.49. The van der Waals surface area contributed by atoms with Gasteiger partial charge in [0.15, 0.2) is 0 Å². The number of hydrogen-bond acceptors (Lipinski definition) is 1. The van der Waals surface area contributed by atoms with Gasteiger partial charge in [-0.3, -0.25) is 0 Å². The molecule has 0 saturated carbocycles. The average molecular weight is 269 g/mol. The van der Waals surface area contributed by atoms with E-state index in [9.17, 15) is 4.39 Å². The summed E-state index contributed by atoms with van der Waals surface area (Å²) in [7, 11) is 0. The van der Waals surface area contributed by atoms with Crippen molar-refractivity contribution in [3.05, 3.63) is 71.0 Å². The molecule has 20 heavy (non-hydrogen) atoms. The van der Waals surface area contributed by atoms with E-state index in [1.807, 2.05) is 12.1 Å². The number of fused-ring (bicyclic) bond motifs is 1. The van der Waals surface area contributed by atoms with Crippen molar-refractivity contribution in [2.24, 2.45) is 0 Å². The maximum absolute atomic E-state index is 13.8. The van der Waals surface area contributed by atoms with Crippen molar-refractivity contribution in [3.63, 3.8) is 0 Å². The number of hydrogen-bond donors (Lipinski definition) is 1. The van der Waals surface area contributed by atoms with Crippen LogP contribution in [-0.4, -0.2) is 6.54 Å². The quantitative estimate of drug-likeness (QED) is 0.857. The Morgan fingerprint density at radius 2 is 1.90 bits per heavy atom. The molecule has 0 heterocycles. The summed E-state index contributed by atoms with van der Waals surface area (Å²) in [6.07, 6.45) is 2.03. The van der Waals surface area contributed by atoms with E-state index in [0.717, 1.165) is 24.9 Å². The van der Waals surface area contributed by atoms with Crippen LogP contribution in [0.15, 0.2) is 48.5 Å². The zero-order valence-electron chi connectivity index (χ0n) is 11.8. The fraction of sp³-hybridized carbons (Fsp3) is 0.333. The fourth-order valence-electron chi connectivity index (χ4n) is 3.06. The first-order chi connectivity index (χ1) is 9.79. The highest BCUT2D eigenvalue weighted by Gasteiger charge is 2.26. The van der Waals surface area contributed by atoms with E-state index in [4.69, 9.17) is 0 Å². The monoisotopic (exact) mass is 269 g/mol. The maximum Gasteiger partial charge on any atom is 0.127 e. The van der Waals surface area contributed by atoms with Gasteiger partial charge in [0.25, 0.3) is 0 Å². The molecule has 2 aromatic rings. The summed E-state index contributed by atoms with van der Waals surface area (Å²) in [5.74, 6) is 0.466. The van der Waals surface area contributed by atoms with E-state index >= 15 is 0 Å². The SMILES string of the molecule is CCC(NCC1Cc2ccccc21)c1ccccc1F. The van der Waals surface area contributed by atoms with Crippen LogP contribution in [0.4, 0.5) is 4.39 Å². The van der Waals surface area contributed by atoms with Gasteiger partial charge in [-0.15, -0.1) is 0 Å². The molecule has 1 aliphatic carbocycles. The van der Waals surface area contributed by atoms with Gasteiger partial charge >= 0.3 is 0 Å². The van der Waals surface area contributed by atoms with Crippen molar-refractivity contribution >= 4 is 0 Å². The van der Waals surface area contributed by atoms with Gasteiger partial charge in [0, 0.05) is 24.1 Å². The maximum atomic E-state index is 13.8. The molecule has 0 fully saturated rings. The number of rotatable bonds is 5. The van der Waals surface area contributed by atoms with E-state index < -0.39 is 0 Å². The summed E-state index contributed by atoms with van der Waals surface area (Å²) >= 11 is 0. The van der Waals surface area contributed by atoms with Gasteiger partial charge in [-0.2, -0.15) is 0 Å². The first kappa shape index (κ1) is 13.3. The lowest BCUT2D eigenvalue weighted by Gasteiger charge is -2.32. The van der Waals surface area contributed by atoms with Crippen LogP contribution < -0.4 is 5.32 Å². The van der Waals surface area contributed by atoms with Crippen LogP contribution in [-0.2, 0) is 6.42 Å². The average Bonchev–Trinajstić information content (AvgIpc) is 2.45. The van der Waals surface area contributed by atoms with Crippen LogP contribution in [0.2, 0.25) is 0 Å². The van der Waals surface area contributed by atoms with Crippen molar-refractivity contribution in [2.45, 2.75) is 31.7 Å². The van der Waals surface area contributed by atoms with Crippen LogP contribution in [0.5, 0.6) is 0 Å². The molecular formula is C18H20FN. The molecule has 0 bridgehead atoms. The predicted octanol–water partition coefficient (Wildman–Crippen LogP) is 4.21. The molecular weight excluding hydrogens is 249 g/mol. The smallest absolute Gasteiger partial charge is 0.127 e. The molecule has 2 atom stereocenters. The standard InChI is InChI=1S/C18H20FN/c1-2-18(16-9-5-6-10-17(16)19)20-12-14-11-13-7-3-4-8-15(13)14/h3-10,14,18,20H,2,11-12H2,1H3. The van der Waals surface area contributed by atoms with E-state index in [-0.39, 0.29) is 11.9 Å². The molecule has 0 aliphatic heterocycles. The second-order valence-electron chi connectivity index (χ2n) is 5.49. The minimum absolute atomic E-state index is 0.101. The van der Waals surface area contributed by atoms with Crippen molar-refractivity contribution < 1.29 is 4.39 Å². The Morgan fingerprint density at radius 1 is 1.15 bits per heavy atom. The molecule has 0 spiro atoms. The molecule has 2 unspecified atom stereocenters. The van der Waals surface area contributed by atoms with E-state index in [0.29, 0.717) is 5.92 Å². The highest BCUT2D eigenvalue weighted by atomic mass is 19.1. The van der Waals surface area contributed by atoms with Gasteiger partial charge in [-0.05, 0) is 30.0 Å². The number of nitrogens with one attached hydrogen (secondary N) is 1. The molecule has 2 heteroatoms. The topological polar surface area (TPSA) is 12.0 Å². The molecule has 1 nitrogen and oxygen atoms in total. The third-order valence-corrected chi connectivity index (χ3v) is 4.26. The summed E-state index contributed by atoms with van der Waals surface area (Å²) in [6, 6.07) is 15.8. The number of benzene rings is 2. The van der Waals surface area contributed by atoms with Crippen LogP contribution in [0, 0.1) is 5.82 Å². The molecule has 0 aromatic heterocycles. The lowest BCUT2D eigenvalue weighted by Crippen LogP contribution is -2.31. The molecule has 2 aromatic carbocycles. The van der Waals surface area contributed by atoms with E-state index in [1.54, 1.807) is 12.1 Å². The Morgan fingerprint density at radius 3 is 2.65 bits per heavy atom. The van der Waals surface area contributed by atoms with Crippen LogP contribution in [0.1, 0.15) is 42.0 Å².